The summed E-state index contributed by atoms with van der Waals surface area (Å²) in [4.78, 5) is 12.8. The summed E-state index contributed by atoms with van der Waals surface area (Å²) in [6.45, 7) is 4.49. The van der Waals surface area contributed by atoms with E-state index in [2.05, 4.69) is 10.0 Å². The Morgan fingerprint density at radius 2 is 1.43 bits per heavy atom. The smallest absolute Gasteiger partial charge is 0.261 e. The average Bonchev–Trinajstić information content (AvgIpc) is 2.89. The monoisotopic (exact) mass is 516 g/mol. The molecule has 8 heteroatoms. The van der Waals surface area contributed by atoms with Crippen LogP contribution in [-0.2, 0) is 10.0 Å². The van der Waals surface area contributed by atoms with E-state index < -0.39 is 10.0 Å². The lowest BCUT2D eigenvalue weighted by Crippen LogP contribution is -2.15. The maximum atomic E-state index is 12.8. The van der Waals surface area contributed by atoms with Crippen LogP contribution in [-0.4, -0.2) is 27.5 Å². The highest BCUT2D eigenvalue weighted by atomic mass is 32.2. The molecule has 0 aliphatic rings. The van der Waals surface area contributed by atoms with Gasteiger partial charge in [-0.05, 0) is 80.1 Å². The normalized spacial score (nSPS) is 11.0. The summed E-state index contributed by atoms with van der Waals surface area (Å²) in [5.41, 5.74) is 3.29. The summed E-state index contributed by atoms with van der Waals surface area (Å²) >= 11 is 0. The first kappa shape index (κ1) is 25.8. The van der Waals surface area contributed by atoms with Crippen molar-refractivity contribution in [2.24, 2.45) is 0 Å². The fourth-order valence-corrected chi connectivity index (χ4v) is 4.75. The van der Waals surface area contributed by atoms with Crippen molar-refractivity contribution in [2.45, 2.75) is 18.7 Å². The predicted molar refractivity (Wildman–Crippen MR) is 145 cm³/mol. The summed E-state index contributed by atoms with van der Waals surface area (Å²) in [6.07, 6.45) is 0. The number of ether oxygens (including phenoxy) is 2. The molecule has 190 valence electrons. The molecule has 37 heavy (non-hydrogen) atoms. The van der Waals surface area contributed by atoms with E-state index in [9.17, 15) is 13.2 Å². The minimum atomic E-state index is -3.77. The minimum absolute atomic E-state index is 0.0959. The van der Waals surface area contributed by atoms with Crippen LogP contribution in [0, 0.1) is 13.8 Å². The molecule has 0 spiro atoms. The zero-order valence-electron chi connectivity index (χ0n) is 20.6. The molecule has 7 nitrogen and oxygen atoms in total. The Bertz CT molecular complexity index is 1470. The number of rotatable bonds is 10. The number of aryl methyl sites for hydroxylation is 2. The zero-order chi connectivity index (χ0) is 26.3. The number of para-hydroxylation sites is 1. The maximum absolute atomic E-state index is 12.8. The SMILES string of the molecule is Cc1ccc(NS(=O)(=O)c2ccc(NC(=O)c3cccc(OCCOc4ccccc4)c3)cc2)c(C)c1. The molecule has 0 fully saturated rings. The Labute approximate surface area is 217 Å². The van der Waals surface area contributed by atoms with E-state index in [1.54, 1.807) is 42.5 Å². The van der Waals surface area contributed by atoms with Crippen molar-refractivity contribution in [3.63, 3.8) is 0 Å². The fourth-order valence-electron chi connectivity index (χ4n) is 3.62. The Morgan fingerprint density at radius 3 is 2.14 bits per heavy atom. The van der Waals surface area contributed by atoms with E-state index in [-0.39, 0.29) is 10.8 Å². The quantitative estimate of drug-likeness (QED) is 0.259. The maximum Gasteiger partial charge on any atom is 0.261 e. The lowest BCUT2D eigenvalue weighted by atomic mass is 10.1. The molecular formula is C29H28N2O5S. The third kappa shape index (κ3) is 7.11. The van der Waals surface area contributed by atoms with Gasteiger partial charge < -0.3 is 14.8 Å². The van der Waals surface area contributed by atoms with E-state index in [1.807, 2.05) is 56.3 Å². The zero-order valence-corrected chi connectivity index (χ0v) is 21.4. The van der Waals surface area contributed by atoms with Gasteiger partial charge in [0.1, 0.15) is 24.7 Å². The predicted octanol–water partition coefficient (Wildman–Crippen LogP) is 5.81. The van der Waals surface area contributed by atoms with Crippen molar-refractivity contribution in [1.82, 2.24) is 0 Å². The van der Waals surface area contributed by atoms with Crippen LogP contribution in [0.4, 0.5) is 11.4 Å². The highest BCUT2D eigenvalue weighted by Crippen LogP contribution is 2.22. The van der Waals surface area contributed by atoms with Crippen LogP contribution in [0.2, 0.25) is 0 Å². The van der Waals surface area contributed by atoms with Gasteiger partial charge in [0.2, 0.25) is 0 Å². The average molecular weight is 517 g/mol. The molecular weight excluding hydrogens is 488 g/mol. The number of amides is 1. The van der Waals surface area contributed by atoms with Crippen molar-refractivity contribution in [3.8, 4) is 11.5 Å². The molecule has 0 atom stereocenters. The molecule has 2 N–H and O–H groups in total. The number of sulfonamides is 1. The highest BCUT2D eigenvalue weighted by Gasteiger charge is 2.16. The standard InChI is InChI=1S/C29H28N2O5S/c1-21-11-16-28(22(2)19-21)31-37(33,34)27-14-12-24(13-15-27)30-29(32)23-7-6-10-26(20-23)36-18-17-35-25-8-4-3-5-9-25/h3-16,19-20,31H,17-18H2,1-2H3,(H,30,32). The van der Waals surface area contributed by atoms with E-state index in [0.29, 0.717) is 35.9 Å². The number of anilines is 2. The van der Waals surface area contributed by atoms with E-state index in [1.165, 1.54) is 12.1 Å². The van der Waals surface area contributed by atoms with Gasteiger partial charge in [-0.15, -0.1) is 0 Å². The minimum Gasteiger partial charge on any atom is -0.490 e. The van der Waals surface area contributed by atoms with Gasteiger partial charge in [-0.25, -0.2) is 8.42 Å². The van der Waals surface area contributed by atoms with Gasteiger partial charge in [0.25, 0.3) is 15.9 Å². The molecule has 0 bridgehead atoms. The number of carbonyl (C=O) groups is 1. The number of nitrogens with one attached hydrogen (secondary N) is 2. The Balaban J connectivity index is 1.33. The molecule has 4 aromatic carbocycles. The summed E-state index contributed by atoms with van der Waals surface area (Å²) in [5, 5.41) is 2.78. The second-order valence-electron chi connectivity index (χ2n) is 8.44. The molecule has 0 unspecified atom stereocenters. The fraction of sp³-hybridized carbons (Fsp3) is 0.138. The van der Waals surface area contributed by atoms with E-state index >= 15 is 0 Å². The topological polar surface area (TPSA) is 93.7 Å². The summed E-state index contributed by atoms with van der Waals surface area (Å²) in [5.74, 6) is 0.970. The van der Waals surface area contributed by atoms with Crippen molar-refractivity contribution in [2.75, 3.05) is 23.3 Å². The molecule has 0 heterocycles. The van der Waals surface area contributed by atoms with Gasteiger partial charge in [0.15, 0.2) is 0 Å². The van der Waals surface area contributed by atoms with E-state index in [0.717, 1.165) is 16.9 Å². The highest BCUT2D eigenvalue weighted by molar-refractivity contribution is 7.92. The second kappa shape index (κ2) is 11.6. The number of hydrogen-bond donors (Lipinski definition) is 2. The third-order valence-corrected chi connectivity index (χ3v) is 6.89. The number of benzene rings is 4. The molecule has 4 rings (SSSR count). The van der Waals surface area contributed by atoms with Gasteiger partial charge in [0.05, 0.1) is 10.6 Å². The molecule has 0 saturated carbocycles. The van der Waals surface area contributed by atoms with Crippen LogP contribution < -0.4 is 19.5 Å². The summed E-state index contributed by atoms with van der Waals surface area (Å²) in [6, 6.07) is 27.8. The Morgan fingerprint density at radius 1 is 0.757 bits per heavy atom. The van der Waals surface area contributed by atoms with Crippen molar-refractivity contribution < 1.29 is 22.7 Å². The summed E-state index contributed by atoms with van der Waals surface area (Å²) in [7, 11) is -3.77. The second-order valence-corrected chi connectivity index (χ2v) is 10.1. The molecule has 0 aliphatic heterocycles. The molecule has 0 saturated heterocycles. The Kier molecular flexibility index (Phi) is 8.10. The van der Waals surface area contributed by atoms with Crippen molar-refractivity contribution >= 4 is 27.3 Å². The van der Waals surface area contributed by atoms with Crippen LogP contribution in [0.5, 0.6) is 11.5 Å². The van der Waals surface area contributed by atoms with Crippen LogP contribution in [0.25, 0.3) is 0 Å². The first-order chi connectivity index (χ1) is 17.8. The van der Waals surface area contributed by atoms with Crippen molar-refractivity contribution in [3.05, 3.63) is 114 Å². The third-order valence-electron chi connectivity index (χ3n) is 5.51. The Hall–Kier alpha value is -4.30. The van der Waals surface area contributed by atoms with Crippen LogP contribution in [0.15, 0.2) is 102 Å². The first-order valence-electron chi connectivity index (χ1n) is 11.7. The van der Waals surface area contributed by atoms with Gasteiger partial charge in [-0.2, -0.15) is 0 Å². The molecule has 1 amide bonds. The van der Waals surface area contributed by atoms with E-state index in [4.69, 9.17) is 9.47 Å². The van der Waals surface area contributed by atoms with Crippen LogP contribution in [0.1, 0.15) is 21.5 Å². The molecule has 0 aromatic heterocycles. The molecule has 0 radical (unpaired) electrons. The van der Waals surface area contributed by atoms with Gasteiger partial charge in [-0.3, -0.25) is 9.52 Å². The van der Waals surface area contributed by atoms with Gasteiger partial charge in [0, 0.05) is 11.3 Å². The largest absolute Gasteiger partial charge is 0.490 e. The lowest BCUT2D eigenvalue weighted by Gasteiger charge is -2.12. The van der Waals surface area contributed by atoms with Gasteiger partial charge in [-0.1, -0.05) is 42.0 Å². The number of hydrogen-bond acceptors (Lipinski definition) is 5. The van der Waals surface area contributed by atoms with Gasteiger partial charge >= 0.3 is 0 Å². The molecule has 4 aromatic rings. The number of carbonyl (C=O) groups excluding carboxylic acids is 1. The summed E-state index contributed by atoms with van der Waals surface area (Å²) < 4.78 is 39.5. The van der Waals surface area contributed by atoms with Crippen LogP contribution >= 0.6 is 0 Å². The van der Waals surface area contributed by atoms with Crippen molar-refractivity contribution in [1.29, 1.82) is 0 Å². The van der Waals surface area contributed by atoms with Crippen LogP contribution in [0.3, 0.4) is 0 Å². The lowest BCUT2D eigenvalue weighted by molar-refractivity contribution is 0.102. The molecule has 0 aliphatic carbocycles. The first-order valence-corrected chi connectivity index (χ1v) is 13.2.